The summed E-state index contributed by atoms with van der Waals surface area (Å²) in [4.78, 5) is 33.3. The van der Waals surface area contributed by atoms with Gasteiger partial charge in [0, 0.05) is 0 Å². The second-order valence-corrected chi connectivity index (χ2v) is 4.60. The molecule has 0 bridgehead atoms. The molecule has 0 spiro atoms. The lowest BCUT2D eigenvalue weighted by Gasteiger charge is -2.19. The SMILES string of the molecule is CC[C@@H](COC(=O)C(C)C)NC(=O)[C@H](N)CC(=O)O. The van der Waals surface area contributed by atoms with Gasteiger partial charge < -0.3 is 20.9 Å². The lowest BCUT2D eigenvalue weighted by molar-refractivity contribution is -0.148. The van der Waals surface area contributed by atoms with Crippen LogP contribution in [0.25, 0.3) is 0 Å². The molecule has 19 heavy (non-hydrogen) atoms. The van der Waals surface area contributed by atoms with Gasteiger partial charge in [0.05, 0.1) is 24.4 Å². The predicted molar refractivity (Wildman–Crippen MR) is 68.2 cm³/mol. The maximum absolute atomic E-state index is 11.6. The smallest absolute Gasteiger partial charge is 0.308 e. The van der Waals surface area contributed by atoms with Crippen LogP contribution in [-0.2, 0) is 19.1 Å². The first-order valence-corrected chi connectivity index (χ1v) is 6.22. The standard InChI is InChI=1S/C12H22N2O5/c1-4-8(6-19-12(18)7(2)3)14-11(17)9(13)5-10(15)16/h7-9H,4-6,13H2,1-3H3,(H,14,17)(H,15,16)/t8-,9+/m0/s1. The molecule has 2 atom stereocenters. The van der Waals surface area contributed by atoms with Crippen molar-refractivity contribution in [1.82, 2.24) is 5.32 Å². The summed E-state index contributed by atoms with van der Waals surface area (Å²) in [6.45, 7) is 5.30. The third-order valence-corrected chi connectivity index (χ3v) is 2.47. The molecule has 0 aromatic heterocycles. The molecule has 0 aromatic rings. The Labute approximate surface area is 112 Å². The van der Waals surface area contributed by atoms with E-state index in [0.717, 1.165) is 0 Å². The Morgan fingerprint density at radius 3 is 2.32 bits per heavy atom. The summed E-state index contributed by atoms with van der Waals surface area (Å²) < 4.78 is 5.01. The van der Waals surface area contributed by atoms with Crippen LogP contribution in [0.1, 0.15) is 33.6 Å². The molecule has 0 aromatic carbocycles. The van der Waals surface area contributed by atoms with Gasteiger partial charge in [0.1, 0.15) is 6.61 Å². The minimum Gasteiger partial charge on any atom is -0.481 e. The van der Waals surface area contributed by atoms with Crippen molar-refractivity contribution in [3.05, 3.63) is 0 Å². The number of carbonyl (C=O) groups excluding carboxylic acids is 2. The van der Waals surface area contributed by atoms with E-state index in [4.69, 9.17) is 15.6 Å². The van der Waals surface area contributed by atoms with Crippen molar-refractivity contribution in [1.29, 1.82) is 0 Å². The van der Waals surface area contributed by atoms with E-state index in [1.807, 2.05) is 6.92 Å². The van der Waals surface area contributed by atoms with Crippen molar-refractivity contribution in [2.24, 2.45) is 11.7 Å². The van der Waals surface area contributed by atoms with Crippen LogP contribution >= 0.6 is 0 Å². The summed E-state index contributed by atoms with van der Waals surface area (Å²) >= 11 is 0. The molecule has 0 aliphatic carbocycles. The lowest BCUT2D eigenvalue weighted by atomic mass is 10.1. The molecule has 0 heterocycles. The number of carboxylic acid groups (broad SMARTS) is 1. The highest BCUT2D eigenvalue weighted by Gasteiger charge is 2.20. The lowest BCUT2D eigenvalue weighted by Crippen LogP contribution is -2.47. The average Bonchev–Trinajstić information content (AvgIpc) is 2.32. The van der Waals surface area contributed by atoms with E-state index >= 15 is 0 Å². The van der Waals surface area contributed by atoms with Crippen molar-refractivity contribution < 1.29 is 24.2 Å². The number of esters is 1. The summed E-state index contributed by atoms with van der Waals surface area (Å²) in [5, 5.41) is 11.1. The van der Waals surface area contributed by atoms with Gasteiger partial charge in [-0.05, 0) is 6.42 Å². The van der Waals surface area contributed by atoms with Crippen LogP contribution in [0.4, 0.5) is 0 Å². The van der Waals surface area contributed by atoms with Crippen molar-refractivity contribution >= 4 is 17.8 Å². The van der Waals surface area contributed by atoms with Crippen LogP contribution in [0.2, 0.25) is 0 Å². The fourth-order valence-electron chi connectivity index (χ4n) is 1.20. The first-order chi connectivity index (χ1) is 8.77. The molecule has 0 aliphatic rings. The van der Waals surface area contributed by atoms with E-state index in [-0.39, 0.29) is 24.5 Å². The van der Waals surface area contributed by atoms with E-state index in [1.54, 1.807) is 13.8 Å². The number of hydrogen-bond donors (Lipinski definition) is 3. The topological polar surface area (TPSA) is 119 Å². The van der Waals surface area contributed by atoms with E-state index in [0.29, 0.717) is 6.42 Å². The average molecular weight is 274 g/mol. The number of carboxylic acids is 1. The fourth-order valence-corrected chi connectivity index (χ4v) is 1.20. The molecule has 0 rings (SSSR count). The molecule has 1 amide bonds. The fraction of sp³-hybridized carbons (Fsp3) is 0.750. The van der Waals surface area contributed by atoms with E-state index in [9.17, 15) is 14.4 Å². The van der Waals surface area contributed by atoms with Crippen molar-refractivity contribution in [2.75, 3.05) is 6.61 Å². The van der Waals surface area contributed by atoms with Gasteiger partial charge in [-0.1, -0.05) is 20.8 Å². The minimum atomic E-state index is -1.14. The van der Waals surface area contributed by atoms with Gasteiger partial charge in [-0.3, -0.25) is 14.4 Å². The summed E-state index contributed by atoms with van der Waals surface area (Å²) in [7, 11) is 0. The zero-order valence-electron chi connectivity index (χ0n) is 11.5. The minimum absolute atomic E-state index is 0.0546. The van der Waals surface area contributed by atoms with Crippen LogP contribution in [0.3, 0.4) is 0 Å². The Morgan fingerprint density at radius 2 is 1.89 bits per heavy atom. The highest BCUT2D eigenvalue weighted by atomic mass is 16.5. The molecule has 0 saturated carbocycles. The molecular formula is C12H22N2O5. The highest BCUT2D eigenvalue weighted by Crippen LogP contribution is 2.00. The molecular weight excluding hydrogens is 252 g/mol. The van der Waals surface area contributed by atoms with Gasteiger partial charge in [-0.25, -0.2) is 0 Å². The Kier molecular flexibility index (Phi) is 7.74. The first kappa shape index (κ1) is 17.4. The van der Waals surface area contributed by atoms with Crippen molar-refractivity contribution in [3.63, 3.8) is 0 Å². The van der Waals surface area contributed by atoms with Gasteiger partial charge >= 0.3 is 11.9 Å². The number of amides is 1. The molecule has 0 unspecified atom stereocenters. The van der Waals surface area contributed by atoms with Crippen LogP contribution in [-0.4, -0.2) is 41.6 Å². The number of nitrogens with two attached hydrogens (primary N) is 1. The van der Waals surface area contributed by atoms with Crippen LogP contribution in [0.5, 0.6) is 0 Å². The number of ether oxygens (including phenoxy) is 1. The van der Waals surface area contributed by atoms with Gasteiger partial charge in [-0.2, -0.15) is 0 Å². The van der Waals surface area contributed by atoms with Crippen LogP contribution in [0.15, 0.2) is 0 Å². The molecule has 7 heteroatoms. The monoisotopic (exact) mass is 274 g/mol. The zero-order chi connectivity index (χ0) is 15.0. The molecule has 0 radical (unpaired) electrons. The zero-order valence-corrected chi connectivity index (χ0v) is 11.5. The molecule has 7 nitrogen and oxygen atoms in total. The predicted octanol–water partition coefficient (Wildman–Crippen LogP) is -0.118. The number of aliphatic carboxylic acids is 1. The molecule has 4 N–H and O–H groups in total. The Hall–Kier alpha value is -1.63. The van der Waals surface area contributed by atoms with Crippen molar-refractivity contribution in [3.8, 4) is 0 Å². The normalized spacial score (nSPS) is 13.7. The van der Waals surface area contributed by atoms with E-state index in [1.165, 1.54) is 0 Å². The Balaban J connectivity index is 4.21. The highest BCUT2D eigenvalue weighted by molar-refractivity contribution is 5.86. The second-order valence-electron chi connectivity index (χ2n) is 4.60. The molecule has 0 saturated heterocycles. The van der Waals surface area contributed by atoms with Gasteiger partial charge in [0.25, 0.3) is 0 Å². The number of rotatable bonds is 8. The summed E-state index contributed by atoms with van der Waals surface area (Å²) in [5.74, 6) is -2.28. The molecule has 110 valence electrons. The number of nitrogens with one attached hydrogen (secondary N) is 1. The summed E-state index contributed by atoms with van der Waals surface area (Å²) in [6, 6.07) is -1.47. The van der Waals surface area contributed by atoms with Gasteiger partial charge in [-0.15, -0.1) is 0 Å². The summed E-state index contributed by atoms with van der Waals surface area (Å²) in [6.07, 6.45) is 0.116. The van der Waals surface area contributed by atoms with Gasteiger partial charge in [0.15, 0.2) is 0 Å². The first-order valence-electron chi connectivity index (χ1n) is 6.22. The quantitative estimate of drug-likeness (QED) is 0.531. The number of hydrogen-bond acceptors (Lipinski definition) is 5. The maximum atomic E-state index is 11.6. The van der Waals surface area contributed by atoms with Crippen LogP contribution < -0.4 is 11.1 Å². The second kappa shape index (κ2) is 8.47. The maximum Gasteiger partial charge on any atom is 0.308 e. The third-order valence-electron chi connectivity index (χ3n) is 2.47. The van der Waals surface area contributed by atoms with Gasteiger partial charge in [0.2, 0.25) is 5.91 Å². The molecule has 0 fully saturated rings. The Bertz CT molecular complexity index is 330. The molecule has 0 aliphatic heterocycles. The summed E-state index contributed by atoms with van der Waals surface area (Å²) in [5.41, 5.74) is 5.42. The van der Waals surface area contributed by atoms with E-state index < -0.39 is 24.3 Å². The Morgan fingerprint density at radius 1 is 1.32 bits per heavy atom. The van der Waals surface area contributed by atoms with E-state index in [2.05, 4.69) is 5.32 Å². The number of carbonyl (C=O) groups is 3. The van der Waals surface area contributed by atoms with Crippen molar-refractivity contribution in [2.45, 2.75) is 45.7 Å². The van der Waals surface area contributed by atoms with Crippen LogP contribution in [0, 0.1) is 5.92 Å². The largest absolute Gasteiger partial charge is 0.481 e. The third kappa shape index (κ3) is 7.40.